The molecule has 2 saturated heterocycles. The van der Waals surface area contributed by atoms with Crippen molar-refractivity contribution in [2.24, 2.45) is 4.40 Å². The predicted octanol–water partition coefficient (Wildman–Crippen LogP) is 3.73. The zero-order valence-electron chi connectivity index (χ0n) is 17.2. The van der Waals surface area contributed by atoms with Gasteiger partial charge in [0.1, 0.15) is 10.7 Å². The zero-order chi connectivity index (χ0) is 19.9. The molecule has 4 rings (SSSR count). The number of likely N-dealkylation sites (tertiary alicyclic amines) is 2. The molecule has 1 aromatic rings. The van der Waals surface area contributed by atoms with Gasteiger partial charge in [-0.2, -0.15) is 8.42 Å². The first-order valence-electron chi connectivity index (χ1n) is 10.5. The minimum atomic E-state index is -3.64. The number of hydrogen-bond donors (Lipinski definition) is 0. The summed E-state index contributed by atoms with van der Waals surface area (Å²) in [4.78, 5) is 5.20. The van der Waals surface area contributed by atoms with E-state index in [-0.39, 0.29) is 0 Å². The lowest BCUT2D eigenvalue weighted by Crippen LogP contribution is -2.48. The van der Waals surface area contributed by atoms with E-state index >= 15 is 0 Å². The molecule has 0 aromatic heterocycles. The van der Waals surface area contributed by atoms with Crippen molar-refractivity contribution in [2.45, 2.75) is 58.9 Å². The first-order chi connectivity index (χ1) is 13.4. The second kappa shape index (κ2) is 7.64. The van der Waals surface area contributed by atoms with E-state index in [0.29, 0.717) is 16.8 Å². The van der Waals surface area contributed by atoms with Crippen molar-refractivity contribution >= 4 is 20.8 Å². The van der Waals surface area contributed by atoms with E-state index in [9.17, 15) is 8.42 Å². The second-order valence-corrected chi connectivity index (χ2v) is 10.00. The van der Waals surface area contributed by atoms with Crippen LogP contribution in [0.3, 0.4) is 0 Å². The van der Waals surface area contributed by atoms with Crippen molar-refractivity contribution < 1.29 is 8.42 Å². The van der Waals surface area contributed by atoms with Crippen molar-refractivity contribution in [1.29, 1.82) is 0 Å². The van der Waals surface area contributed by atoms with Gasteiger partial charge in [0.2, 0.25) is 0 Å². The number of amidine groups is 1. The largest absolute Gasteiger partial charge is 0.356 e. The van der Waals surface area contributed by atoms with E-state index in [1.807, 2.05) is 39.0 Å². The van der Waals surface area contributed by atoms with Gasteiger partial charge in [0.25, 0.3) is 10.0 Å². The van der Waals surface area contributed by atoms with E-state index in [4.69, 9.17) is 0 Å². The molecule has 0 N–H and O–H groups in total. The fraction of sp³-hybridized carbons (Fsp3) is 0.591. The minimum Gasteiger partial charge on any atom is -0.356 e. The van der Waals surface area contributed by atoms with E-state index < -0.39 is 10.0 Å². The molecule has 0 bridgehead atoms. The third kappa shape index (κ3) is 3.64. The van der Waals surface area contributed by atoms with E-state index in [1.54, 1.807) is 0 Å². The Morgan fingerprint density at radius 3 is 2.25 bits per heavy atom. The predicted molar refractivity (Wildman–Crippen MR) is 115 cm³/mol. The quantitative estimate of drug-likeness (QED) is 0.758. The molecule has 0 amide bonds. The van der Waals surface area contributed by atoms with Crippen LogP contribution < -0.4 is 0 Å². The monoisotopic (exact) mass is 401 g/mol. The Kier molecular flexibility index (Phi) is 5.36. The number of nitrogens with zero attached hydrogens (tertiary/aromatic N) is 3. The highest BCUT2D eigenvalue weighted by molar-refractivity contribution is 8.00. The van der Waals surface area contributed by atoms with Gasteiger partial charge < -0.3 is 9.80 Å². The van der Waals surface area contributed by atoms with Crippen LogP contribution in [0.25, 0.3) is 4.91 Å². The standard InChI is InChI=1S/C22H31N3O2S/c1-16-7-8-19(15-17(16)2)21-18(3)22(23-28(21,26)27)25-13-9-20(10-14-25)24-11-5-4-6-12-24/h7-8,15,20H,4-6,9-14H2,1-3H3. The van der Waals surface area contributed by atoms with Crippen molar-refractivity contribution in [3.63, 3.8) is 0 Å². The fourth-order valence-corrected chi connectivity index (χ4v) is 6.27. The van der Waals surface area contributed by atoms with Crippen LogP contribution in [-0.2, 0) is 10.0 Å². The Morgan fingerprint density at radius 2 is 1.61 bits per heavy atom. The molecule has 2 fully saturated rings. The fourth-order valence-electron chi connectivity index (χ4n) is 4.79. The smallest absolute Gasteiger partial charge is 0.285 e. The molecule has 0 saturated carbocycles. The second-order valence-electron chi connectivity index (χ2n) is 8.46. The molecule has 0 atom stereocenters. The summed E-state index contributed by atoms with van der Waals surface area (Å²) in [5.74, 6) is 0.658. The number of piperidine rings is 2. The number of hydrogen-bond acceptors (Lipinski definition) is 4. The van der Waals surface area contributed by atoms with Crippen molar-refractivity contribution in [2.75, 3.05) is 26.2 Å². The molecule has 5 nitrogen and oxygen atoms in total. The molecule has 3 aliphatic rings. The lowest BCUT2D eigenvalue weighted by molar-refractivity contribution is 0.115. The summed E-state index contributed by atoms with van der Waals surface area (Å²) < 4.78 is 29.9. The Balaban J connectivity index is 1.54. The number of rotatable bonds is 2. The van der Waals surface area contributed by atoms with Crippen LogP contribution in [0.2, 0.25) is 0 Å². The number of aryl methyl sites for hydroxylation is 2. The Hall–Kier alpha value is -1.66. The summed E-state index contributed by atoms with van der Waals surface area (Å²) in [6, 6.07) is 6.49. The Bertz CT molecular complexity index is 919. The van der Waals surface area contributed by atoms with Gasteiger partial charge in [-0.3, -0.25) is 0 Å². The summed E-state index contributed by atoms with van der Waals surface area (Å²) in [5, 5.41) is 0. The van der Waals surface area contributed by atoms with Gasteiger partial charge in [-0.15, -0.1) is 4.40 Å². The maximum absolute atomic E-state index is 12.9. The van der Waals surface area contributed by atoms with E-state index in [2.05, 4.69) is 14.2 Å². The van der Waals surface area contributed by atoms with Gasteiger partial charge in [-0.1, -0.05) is 24.6 Å². The van der Waals surface area contributed by atoms with Crippen LogP contribution in [0.15, 0.2) is 28.2 Å². The summed E-state index contributed by atoms with van der Waals surface area (Å²) >= 11 is 0. The Labute approximate surface area is 169 Å². The highest BCUT2D eigenvalue weighted by Gasteiger charge is 2.35. The van der Waals surface area contributed by atoms with Gasteiger partial charge in [-0.25, -0.2) is 0 Å². The molecule has 0 aliphatic carbocycles. The molecular weight excluding hydrogens is 370 g/mol. The van der Waals surface area contributed by atoms with Crippen LogP contribution >= 0.6 is 0 Å². The van der Waals surface area contributed by atoms with Crippen LogP contribution in [0.1, 0.15) is 55.7 Å². The topological polar surface area (TPSA) is 53.0 Å². The SMILES string of the molecule is CC1=C(c2ccc(C)c(C)c2)S(=O)(=O)N=C1N1CCC(N2CCCCC2)CC1. The molecule has 152 valence electrons. The zero-order valence-corrected chi connectivity index (χ0v) is 18.1. The Morgan fingerprint density at radius 1 is 0.929 bits per heavy atom. The molecule has 28 heavy (non-hydrogen) atoms. The summed E-state index contributed by atoms with van der Waals surface area (Å²) in [5.41, 5.74) is 3.81. The minimum absolute atomic E-state index is 0.378. The van der Waals surface area contributed by atoms with Crippen LogP contribution in [0.4, 0.5) is 0 Å². The normalized spacial score (nSPS) is 24.0. The van der Waals surface area contributed by atoms with Gasteiger partial charge in [-0.05, 0) is 76.2 Å². The molecule has 3 heterocycles. The third-order valence-corrected chi connectivity index (χ3v) is 8.05. The molecule has 1 aromatic carbocycles. The summed E-state index contributed by atoms with van der Waals surface area (Å²) in [7, 11) is -3.64. The molecule has 3 aliphatic heterocycles. The average molecular weight is 402 g/mol. The van der Waals surface area contributed by atoms with Crippen LogP contribution in [0, 0.1) is 13.8 Å². The van der Waals surface area contributed by atoms with Crippen molar-refractivity contribution in [3.8, 4) is 0 Å². The maximum atomic E-state index is 12.9. The molecule has 6 heteroatoms. The van der Waals surface area contributed by atoms with Crippen molar-refractivity contribution in [3.05, 3.63) is 40.5 Å². The first kappa shape index (κ1) is 19.6. The lowest BCUT2D eigenvalue weighted by atomic mass is 9.99. The number of benzene rings is 1. The average Bonchev–Trinajstić information content (AvgIpc) is 2.94. The van der Waals surface area contributed by atoms with Gasteiger partial charge in [0.15, 0.2) is 0 Å². The molecule has 0 unspecified atom stereocenters. The molecule has 0 radical (unpaired) electrons. The van der Waals surface area contributed by atoms with E-state index in [1.165, 1.54) is 37.9 Å². The van der Waals surface area contributed by atoms with Crippen LogP contribution in [-0.4, -0.2) is 56.3 Å². The van der Waals surface area contributed by atoms with Gasteiger partial charge in [0, 0.05) is 24.7 Å². The highest BCUT2D eigenvalue weighted by Crippen LogP contribution is 2.35. The number of sulfonamides is 1. The summed E-state index contributed by atoms with van der Waals surface area (Å²) in [6.45, 7) is 10.2. The third-order valence-electron chi connectivity index (χ3n) is 6.58. The van der Waals surface area contributed by atoms with Crippen molar-refractivity contribution in [1.82, 2.24) is 9.80 Å². The first-order valence-corrected chi connectivity index (χ1v) is 11.9. The maximum Gasteiger partial charge on any atom is 0.285 e. The van der Waals surface area contributed by atoms with E-state index in [0.717, 1.165) is 42.6 Å². The lowest BCUT2D eigenvalue weighted by Gasteiger charge is -2.40. The molecule has 0 spiro atoms. The van der Waals surface area contributed by atoms with Gasteiger partial charge >= 0.3 is 0 Å². The molecular formula is C22H31N3O2S. The van der Waals surface area contributed by atoms with Gasteiger partial charge in [0.05, 0.1) is 0 Å². The summed E-state index contributed by atoms with van der Waals surface area (Å²) in [6.07, 6.45) is 6.16. The highest BCUT2D eigenvalue weighted by atomic mass is 32.2. The van der Waals surface area contributed by atoms with Crippen LogP contribution in [0.5, 0.6) is 0 Å².